The molecule has 0 spiro atoms. The minimum atomic E-state index is -1.01. The second-order valence-corrected chi connectivity index (χ2v) is 8.17. The number of hydrogen-bond donors (Lipinski definition) is 3. The number of H-pyrrole nitrogens is 1. The molecule has 2 heterocycles. The van der Waals surface area contributed by atoms with Crippen molar-refractivity contribution in [3.63, 3.8) is 0 Å². The predicted octanol–water partition coefficient (Wildman–Crippen LogP) is 4.16. The average Bonchev–Trinajstić information content (AvgIpc) is 3.37. The number of carbonyl (C=O) groups is 1. The summed E-state index contributed by atoms with van der Waals surface area (Å²) in [6.07, 6.45) is 0.875. The van der Waals surface area contributed by atoms with Gasteiger partial charge in [0.05, 0.1) is 35.7 Å². The fourth-order valence-electron chi connectivity index (χ4n) is 3.83. The summed E-state index contributed by atoms with van der Waals surface area (Å²) >= 11 is 0. The first-order chi connectivity index (χ1) is 17.5. The minimum absolute atomic E-state index is 0.0197. The quantitative estimate of drug-likeness (QED) is 0.309. The van der Waals surface area contributed by atoms with Crippen LogP contribution in [0.3, 0.4) is 0 Å². The molecule has 0 bridgehead atoms. The van der Waals surface area contributed by atoms with Crippen molar-refractivity contribution in [2.75, 3.05) is 13.2 Å². The van der Waals surface area contributed by atoms with Gasteiger partial charge < -0.3 is 15.2 Å². The maximum Gasteiger partial charge on any atom is 0.252 e. The molecule has 0 aliphatic rings. The monoisotopic (exact) mass is 492 g/mol. The largest absolute Gasteiger partial charge is 0.389 e. The number of pyridine rings is 1. The van der Waals surface area contributed by atoms with Crippen LogP contribution in [0.25, 0.3) is 22.5 Å². The molecule has 2 aromatic carbocycles. The highest BCUT2D eigenvalue weighted by atomic mass is 19.1. The van der Waals surface area contributed by atoms with E-state index in [1.165, 1.54) is 30.3 Å². The molecule has 4 rings (SSSR count). The van der Waals surface area contributed by atoms with Crippen molar-refractivity contribution in [2.24, 2.45) is 0 Å². The van der Waals surface area contributed by atoms with Gasteiger partial charge in [-0.1, -0.05) is 12.1 Å². The predicted molar refractivity (Wildman–Crippen MR) is 131 cm³/mol. The summed E-state index contributed by atoms with van der Waals surface area (Å²) in [7, 11) is 0. The molecule has 0 saturated carbocycles. The van der Waals surface area contributed by atoms with E-state index < -0.39 is 23.9 Å². The molecular formula is C27H26F2N4O3. The molecule has 0 unspecified atom stereocenters. The second kappa shape index (κ2) is 11.7. The third-order valence-electron chi connectivity index (χ3n) is 5.67. The number of amides is 1. The summed E-state index contributed by atoms with van der Waals surface area (Å²) in [4.78, 5) is 17.6. The van der Waals surface area contributed by atoms with Crippen molar-refractivity contribution in [2.45, 2.75) is 25.5 Å². The van der Waals surface area contributed by atoms with Gasteiger partial charge in [0.1, 0.15) is 11.6 Å². The van der Waals surface area contributed by atoms with Crippen LogP contribution in [0.5, 0.6) is 0 Å². The van der Waals surface area contributed by atoms with Gasteiger partial charge in [-0.2, -0.15) is 5.10 Å². The third-order valence-corrected chi connectivity index (χ3v) is 5.67. The van der Waals surface area contributed by atoms with E-state index in [-0.39, 0.29) is 35.7 Å². The van der Waals surface area contributed by atoms with Crippen LogP contribution in [0, 0.1) is 11.6 Å². The number of carbonyl (C=O) groups excluding carboxylic acids is 1. The number of halogens is 2. The van der Waals surface area contributed by atoms with Crippen LogP contribution >= 0.6 is 0 Å². The Kier molecular flexibility index (Phi) is 8.14. The maximum absolute atomic E-state index is 15.0. The molecule has 0 radical (unpaired) electrons. The SMILES string of the molecule is CCOC[C@@H](O)[C@@H](Cc1ccccn1)NC(=O)c1cccc(F)c1-c1cc(-c2ccc(F)cc2)n[nH]1. The first-order valence-electron chi connectivity index (χ1n) is 11.5. The van der Waals surface area contributed by atoms with Crippen molar-refractivity contribution in [1.82, 2.24) is 20.5 Å². The highest BCUT2D eigenvalue weighted by Crippen LogP contribution is 2.29. The van der Waals surface area contributed by atoms with Gasteiger partial charge in [-0.3, -0.25) is 14.9 Å². The van der Waals surface area contributed by atoms with Crippen LogP contribution in [0.2, 0.25) is 0 Å². The molecule has 2 atom stereocenters. The van der Waals surface area contributed by atoms with Crippen LogP contribution in [0.1, 0.15) is 23.0 Å². The fourth-order valence-corrected chi connectivity index (χ4v) is 3.83. The Morgan fingerprint density at radius 1 is 1.11 bits per heavy atom. The molecule has 186 valence electrons. The number of ether oxygens (including phenoxy) is 1. The average molecular weight is 493 g/mol. The Morgan fingerprint density at radius 2 is 1.92 bits per heavy atom. The van der Waals surface area contributed by atoms with Gasteiger partial charge in [0.2, 0.25) is 0 Å². The van der Waals surface area contributed by atoms with Crippen molar-refractivity contribution in [3.8, 4) is 22.5 Å². The van der Waals surface area contributed by atoms with E-state index in [1.54, 1.807) is 36.5 Å². The van der Waals surface area contributed by atoms with E-state index in [0.29, 0.717) is 23.6 Å². The van der Waals surface area contributed by atoms with E-state index >= 15 is 4.39 Å². The lowest BCUT2D eigenvalue weighted by atomic mass is 10.00. The molecular weight excluding hydrogens is 466 g/mol. The molecule has 4 aromatic rings. The fraction of sp³-hybridized carbons (Fsp3) is 0.222. The summed E-state index contributed by atoms with van der Waals surface area (Å²) in [6, 6.07) is 16.2. The summed E-state index contributed by atoms with van der Waals surface area (Å²) in [5.74, 6) is -1.57. The first kappa shape index (κ1) is 25.2. The van der Waals surface area contributed by atoms with Gasteiger partial charge in [0.15, 0.2) is 0 Å². The lowest BCUT2D eigenvalue weighted by molar-refractivity contribution is 0.0206. The highest BCUT2D eigenvalue weighted by Gasteiger charge is 2.26. The van der Waals surface area contributed by atoms with Crippen molar-refractivity contribution in [3.05, 3.63) is 95.8 Å². The molecule has 3 N–H and O–H groups in total. The number of nitrogens with zero attached hydrogens (tertiary/aromatic N) is 2. The van der Waals surface area contributed by atoms with Crippen molar-refractivity contribution in [1.29, 1.82) is 0 Å². The highest BCUT2D eigenvalue weighted by molar-refractivity contribution is 6.01. The van der Waals surface area contributed by atoms with Gasteiger partial charge in [0, 0.05) is 36.0 Å². The molecule has 36 heavy (non-hydrogen) atoms. The van der Waals surface area contributed by atoms with E-state index in [1.807, 2.05) is 13.0 Å². The topological polar surface area (TPSA) is 100 Å². The van der Waals surface area contributed by atoms with Crippen LogP contribution in [-0.4, -0.2) is 51.6 Å². The Labute approximate surface area is 207 Å². The number of aromatic amines is 1. The van der Waals surface area contributed by atoms with Gasteiger partial charge in [-0.15, -0.1) is 0 Å². The molecule has 9 heteroatoms. The maximum atomic E-state index is 15.0. The van der Waals surface area contributed by atoms with E-state index in [0.717, 1.165) is 0 Å². The Bertz CT molecular complexity index is 1300. The van der Waals surface area contributed by atoms with Gasteiger partial charge in [-0.05, 0) is 61.5 Å². The number of nitrogens with one attached hydrogen (secondary N) is 2. The lowest BCUT2D eigenvalue weighted by Crippen LogP contribution is -2.47. The van der Waals surface area contributed by atoms with Crippen molar-refractivity contribution < 1.29 is 23.4 Å². The van der Waals surface area contributed by atoms with Crippen LogP contribution in [0.4, 0.5) is 8.78 Å². The Morgan fingerprint density at radius 3 is 2.64 bits per heavy atom. The third kappa shape index (κ3) is 5.99. The smallest absolute Gasteiger partial charge is 0.252 e. The van der Waals surface area contributed by atoms with Crippen molar-refractivity contribution >= 4 is 5.91 Å². The molecule has 0 aliphatic heterocycles. The van der Waals surface area contributed by atoms with E-state index in [4.69, 9.17) is 4.74 Å². The molecule has 1 amide bonds. The number of aliphatic hydroxyl groups excluding tert-OH is 1. The van der Waals surface area contributed by atoms with Crippen LogP contribution in [-0.2, 0) is 11.2 Å². The standard InChI is InChI=1S/C27H26F2N4O3/c1-2-36-16-25(34)23(14-19-6-3-4-13-30-19)31-27(35)20-7-5-8-21(29)26(20)24-15-22(32-33-24)17-9-11-18(28)12-10-17/h3-13,15,23,25,34H,2,14,16H2,1H3,(H,31,35)(H,32,33)/t23-,25-/m1/s1. The first-order valence-corrected chi connectivity index (χ1v) is 11.5. The number of benzene rings is 2. The number of aliphatic hydroxyl groups is 1. The second-order valence-electron chi connectivity index (χ2n) is 8.17. The van der Waals surface area contributed by atoms with Gasteiger partial charge >= 0.3 is 0 Å². The minimum Gasteiger partial charge on any atom is -0.389 e. The van der Waals surface area contributed by atoms with E-state index in [2.05, 4.69) is 20.5 Å². The van der Waals surface area contributed by atoms with Crippen LogP contribution in [0.15, 0.2) is 72.9 Å². The molecule has 2 aromatic heterocycles. The normalized spacial score (nSPS) is 12.8. The molecule has 7 nitrogen and oxygen atoms in total. The lowest BCUT2D eigenvalue weighted by Gasteiger charge is -2.24. The summed E-state index contributed by atoms with van der Waals surface area (Å²) < 4.78 is 33.6. The number of hydrogen-bond acceptors (Lipinski definition) is 5. The van der Waals surface area contributed by atoms with Gasteiger partial charge in [0.25, 0.3) is 5.91 Å². The van der Waals surface area contributed by atoms with Crippen LogP contribution < -0.4 is 5.32 Å². The summed E-state index contributed by atoms with van der Waals surface area (Å²) in [6.45, 7) is 2.24. The zero-order valence-electron chi connectivity index (χ0n) is 19.6. The molecule has 0 fully saturated rings. The Hall–Kier alpha value is -3.95. The number of aromatic nitrogens is 3. The summed E-state index contributed by atoms with van der Waals surface area (Å²) in [5.41, 5.74) is 2.17. The van der Waals surface area contributed by atoms with Gasteiger partial charge in [-0.25, -0.2) is 8.78 Å². The number of rotatable bonds is 10. The molecule has 0 saturated heterocycles. The zero-order chi connectivity index (χ0) is 25.5. The zero-order valence-corrected chi connectivity index (χ0v) is 19.6. The summed E-state index contributed by atoms with van der Waals surface area (Å²) in [5, 5.41) is 20.5. The van der Waals surface area contributed by atoms with E-state index in [9.17, 15) is 14.3 Å². The Balaban J connectivity index is 1.62. The molecule has 0 aliphatic carbocycles.